The molecule has 2 aliphatic heterocycles. The number of ether oxygens (including phenoxy) is 2. The molecule has 7 heteroatoms. The van der Waals surface area contributed by atoms with Crippen LogP contribution in [0.2, 0.25) is 0 Å². The van der Waals surface area contributed by atoms with Crippen LogP contribution in [0.25, 0.3) is 0 Å². The third-order valence-electron chi connectivity index (χ3n) is 5.26. The van der Waals surface area contributed by atoms with E-state index in [0.29, 0.717) is 30.8 Å². The van der Waals surface area contributed by atoms with Crippen LogP contribution < -0.4 is 0 Å². The molecule has 0 radical (unpaired) electrons. The van der Waals surface area contributed by atoms with Gasteiger partial charge in [0.25, 0.3) is 17.7 Å². The molecule has 0 saturated carbocycles. The summed E-state index contributed by atoms with van der Waals surface area (Å²) in [5.41, 5.74) is 2.01. The molecular weight excluding hydrogens is 372 g/mol. The lowest BCUT2D eigenvalue weighted by Crippen LogP contribution is -2.42. The maximum atomic E-state index is 13.1. The number of methoxy groups -OCH3 is 1. The number of benzene rings is 2. The number of morpholine rings is 1. The second-order valence-corrected chi connectivity index (χ2v) is 7.04. The van der Waals surface area contributed by atoms with Gasteiger partial charge < -0.3 is 14.4 Å². The fourth-order valence-electron chi connectivity index (χ4n) is 3.70. The van der Waals surface area contributed by atoms with Gasteiger partial charge in [-0.25, -0.2) is 0 Å². The molecule has 2 heterocycles. The molecule has 0 aliphatic carbocycles. The van der Waals surface area contributed by atoms with Crippen molar-refractivity contribution in [3.05, 3.63) is 70.8 Å². The van der Waals surface area contributed by atoms with Gasteiger partial charge in [-0.3, -0.25) is 19.3 Å². The third-order valence-corrected chi connectivity index (χ3v) is 5.26. The summed E-state index contributed by atoms with van der Waals surface area (Å²) in [7, 11) is 1.51. The van der Waals surface area contributed by atoms with Gasteiger partial charge in [-0.2, -0.15) is 0 Å². The minimum atomic E-state index is -0.388. The Morgan fingerprint density at radius 3 is 2.62 bits per heavy atom. The molecule has 3 amide bonds. The maximum absolute atomic E-state index is 13.1. The first kappa shape index (κ1) is 19.3. The summed E-state index contributed by atoms with van der Waals surface area (Å²) >= 11 is 0. The number of hydrogen-bond donors (Lipinski definition) is 0. The molecule has 2 aromatic rings. The lowest BCUT2D eigenvalue weighted by molar-refractivity contribution is -0.0228. The summed E-state index contributed by atoms with van der Waals surface area (Å²) in [5.74, 6) is -0.912. The zero-order chi connectivity index (χ0) is 20.4. The number of carbonyl (C=O) groups is 3. The van der Waals surface area contributed by atoms with Crippen molar-refractivity contribution >= 4 is 17.7 Å². The van der Waals surface area contributed by atoms with Crippen molar-refractivity contribution in [1.82, 2.24) is 9.80 Å². The zero-order valence-electron chi connectivity index (χ0n) is 16.2. The van der Waals surface area contributed by atoms with Crippen molar-refractivity contribution in [2.24, 2.45) is 0 Å². The molecule has 0 spiro atoms. The summed E-state index contributed by atoms with van der Waals surface area (Å²) in [6.07, 6.45) is -0.184. The molecule has 4 rings (SSSR count). The first-order valence-corrected chi connectivity index (χ1v) is 9.55. The van der Waals surface area contributed by atoms with Crippen molar-refractivity contribution in [2.45, 2.75) is 6.10 Å². The smallest absolute Gasteiger partial charge is 0.261 e. The average Bonchev–Trinajstić information content (AvgIpc) is 3.01. The number of hydrogen-bond acceptors (Lipinski definition) is 5. The van der Waals surface area contributed by atoms with Crippen LogP contribution in [0.1, 0.15) is 42.7 Å². The Morgan fingerprint density at radius 1 is 1.10 bits per heavy atom. The van der Waals surface area contributed by atoms with Gasteiger partial charge in [-0.15, -0.1) is 0 Å². The van der Waals surface area contributed by atoms with Crippen LogP contribution >= 0.6 is 0 Å². The normalized spacial score (nSPS) is 18.9. The Bertz CT molecular complexity index is 943. The van der Waals surface area contributed by atoms with Crippen LogP contribution in [0.4, 0.5) is 0 Å². The first-order valence-electron chi connectivity index (χ1n) is 9.55. The molecule has 2 aliphatic rings. The van der Waals surface area contributed by atoms with Crippen molar-refractivity contribution in [3.8, 4) is 0 Å². The number of nitrogens with zero attached hydrogens (tertiary/aromatic N) is 2. The highest BCUT2D eigenvalue weighted by Crippen LogP contribution is 2.26. The van der Waals surface area contributed by atoms with Gasteiger partial charge in [0.15, 0.2) is 0 Å². The van der Waals surface area contributed by atoms with Gasteiger partial charge in [0.2, 0.25) is 0 Å². The Balaban J connectivity index is 1.53. The molecular formula is C22H22N2O5. The molecule has 0 aromatic heterocycles. The van der Waals surface area contributed by atoms with E-state index in [2.05, 4.69) is 0 Å². The van der Waals surface area contributed by atoms with Crippen LogP contribution in [0.5, 0.6) is 0 Å². The van der Waals surface area contributed by atoms with E-state index in [1.54, 1.807) is 17.0 Å². The number of imide groups is 1. The molecule has 0 N–H and O–H groups in total. The minimum Gasteiger partial charge on any atom is -0.383 e. The van der Waals surface area contributed by atoms with Gasteiger partial charge in [-0.1, -0.05) is 30.3 Å². The van der Waals surface area contributed by atoms with Crippen LogP contribution in [0, 0.1) is 0 Å². The Hall–Kier alpha value is -3.03. The highest BCUT2D eigenvalue weighted by atomic mass is 16.5. The molecule has 0 bridgehead atoms. The number of rotatable bonds is 5. The van der Waals surface area contributed by atoms with E-state index >= 15 is 0 Å². The summed E-state index contributed by atoms with van der Waals surface area (Å²) in [4.78, 5) is 41.0. The first-order chi connectivity index (χ1) is 14.1. The lowest BCUT2D eigenvalue weighted by Gasteiger charge is -2.33. The quantitative estimate of drug-likeness (QED) is 0.727. The van der Waals surface area contributed by atoms with Crippen molar-refractivity contribution in [3.63, 3.8) is 0 Å². The fraction of sp³-hybridized carbons (Fsp3) is 0.318. The van der Waals surface area contributed by atoms with Gasteiger partial charge >= 0.3 is 0 Å². The van der Waals surface area contributed by atoms with E-state index < -0.39 is 0 Å². The van der Waals surface area contributed by atoms with E-state index in [9.17, 15) is 14.4 Å². The summed E-state index contributed by atoms with van der Waals surface area (Å²) in [5, 5.41) is 0. The molecule has 7 nitrogen and oxygen atoms in total. The van der Waals surface area contributed by atoms with Gasteiger partial charge in [-0.05, 0) is 23.8 Å². The van der Waals surface area contributed by atoms with E-state index in [4.69, 9.17) is 9.47 Å². The molecule has 150 valence electrons. The van der Waals surface area contributed by atoms with E-state index in [0.717, 1.165) is 10.5 Å². The van der Waals surface area contributed by atoms with Crippen LogP contribution in [0.15, 0.2) is 48.5 Å². The van der Waals surface area contributed by atoms with Crippen LogP contribution in [-0.4, -0.2) is 67.5 Å². The minimum absolute atomic E-state index is 0.173. The van der Waals surface area contributed by atoms with Crippen molar-refractivity contribution < 1.29 is 23.9 Å². The Labute approximate surface area is 168 Å². The van der Waals surface area contributed by atoms with Gasteiger partial charge in [0, 0.05) is 19.2 Å². The zero-order valence-corrected chi connectivity index (χ0v) is 16.2. The van der Waals surface area contributed by atoms with Crippen molar-refractivity contribution in [1.29, 1.82) is 0 Å². The monoisotopic (exact) mass is 394 g/mol. The predicted octanol–water partition coefficient (Wildman–Crippen LogP) is 2.14. The highest BCUT2D eigenvalue weighted by Gasteiger charge is 2.36. The van der Waals surface area contributed by atoms with Crippen molar-refractivity contribution in [2.75, 3.05) is 40.0 Å². The molecule has 0 unspecified atom stereocenters. The Kier molecular flexibility index (Phi) is 5.42. The highest BCUT2D eigenvalue weighted by molar-refractivity contribution is 6.22. The fourth-order valence-corrected chi connectivity index (χ4v) is 3.70. The number of fused-ring (bicyclic) bond motifs is 1. The molecule has 1 saturated heterocycles. The SMILES string of the molecule is COCCN1C(=O)c2ccc(C(=O)N3CCO[C@@H](c4ccccc4)C3)cc2C1=O. The standard InChI is InChI=1S/C22H22N2O5/c1-28-11-10-24-21(26)17-8-7-16(13-18(17)22(24)27)20(25)23-9-12-29-19(14-23)15-5-3-2-4-6-15/h2-8,13,19H,9-12,14H2,1H3/t19-/m1/s1. The molecule has 1 fully saturated rings. The number of carbonyl (C=O) groups excluding carboxylic acids is 3. The molecule has 1 atom stereocenters. The molecule has 2 aromatic carbocycles. The van der Waals surface area contributed by atoms with Crippen LogP contribution in [0.3, 0.4) is 0 Å². The van der Waals surface area contributed by atoms with Gasteiger partial charge in [0.1, 0.15) is 6.10 Å². The summed E-state index contributed by atoms with van der Waals surface area (Å²) < 4.78 is 10.8. The molecule has 29 heavy (non-hydrogen) atoms. The second-order valence-electron chi connectivity index (χ2n) is 7.04. The lowest BCUT2D eigenvalue weighted by atomic mass is 10.0. The second kappa shape index (κ2) is 8.14. The van der Waals surface area contributed by atoms with E-state index in [1.807, 2.05) is 30.3 Å². The largest absolute Gasteiger partial charge is 0.383 e. The average molecular weight is 394 g/mol. The third kappa shape index (κ3) is 3.66. The maximum Gasteiger partial charge on any atom is 0.261 e. The topological polar surface area (TPSA) is 76.2 Å². The predicted molar refractivity (Wildman–Crippen MR) is 105 cm³/mol. The van der Waals surface area contributed by atoms with Gasteiger partial charge in [0.05, 0.1) is 37.4 Å². The van der Waals surface area contributed by atoms with E-state index in [1.165, 1.54) is 13.2 Å². The van der Waals surface area contributed by atoms with Crippen LogP contribution in [-0.2, 0) is 9.47 Å². The summed E-state index contributed by atoms with van der Waals surface area (Å²) in [6, 6.07) is 14.5. The number of amides is 3. The van der Waals surface area contributed by atoms with E-state index in [-0.39, 0.29) is 42.5 Å². The Morgan fingerprint density at radius 2 is 1.86 bits per heavy atom. The summed E-state index contributed by atoms with van der Waals surface area (Å²) in [6.45, 7) is 1.82.